The third-order valence-corrected chi connectivity index (χ3v) is 10.6. The smallest absolute Gasteiger partial charge is 0.113 e. The summed E-state index contributed by atoms with van der Waals surface area (Å²) in [6.45, 7) is 8.03. The number of rotatable bonds is 5. The zero-order valence-corrected chi connectivity index (χ0v) is 23.2. The maximum absolute atomic E-state index is 5.00. The Morgan fingerprint density at radius 2 is 1.16 bits per heavy atom. The van der Waals surface area contributed by atoms with E-state index in [1.807, 2.05) is 22.7 Å². The summed E-state index contributed by atoms with van der Waals surface area (Å²) in [7, 11) is 0. The zero-order valence-electron chi connectivity index (χ0n) is 21.6. The number of anilines is 2. The molecule has 4 aliphatic rings. The lowest BCUT2D eigenvalue weighted by molar-refractivity contribution is 0.642. The van der Waals surface area contributed by atoms with Crippen molar-refractivity contribution in [3.8, 4) is 11.1 Å². The highest BCUT2D eigenvalue weighted by Crippen LogP contribution is 2.42. The van der Waals surface area contributed by atoms with Crippen LogP contribution in [-0.2, 0) is 51.9 Å². The van der Waals surface area contributed by atoms with Gasteiger partial charge in [0.05, 0.1) is 24.5 Å². The molecule has 0 aliphatic carbocycles. The van der Waals surface area contributed by atoms with Crippen molar-refractivity contribution in [3.63, 3.8) is 0 Å². The second kappa shape index (κ2) is 9.45. The van der Waals surface area contributed by atoms with Crippen LogP contribution in [0.25, 0.3) is 11.1 Å². The summed E-state index contributed by atoms with van der Waals surface area (Å²) in [5.74, 6) is 0. The molecule has 6 heterocycles. The number of hydrogen-bond acceptors (Lipinski definition) is 8. The monoisotopic (exact) mass is 540 g/mol. The highest BCUT2D eigenvalue weighted by atomic mass is 32.1. The summed E-state index contributed by atoms with van der Waals surface area (Å²) in [5, 5.41) is 9.49. The van der Waals surface area contributed by atoms with E-state index in [1.54, 1.807) is 0 Å². The van der Waals surface area contributed by atoms with Gasteiger partial charge < -0.3 is 20.4 Å². The first kappa shape index (κ1) is 23.1. The summed E-state index contributed by atoms with van der Waals surface area (Å²) < 4.78 is 0. The van der Waals surface area contributed by atoms with Crippen LogP contribution in [0, 0.1) is 0 Å². The fraction of sp³-hybridized carbons (Fsp3) is 0.400. The normalized spacial score (nSPS) is 17.9. The Morgan fingerprint density at radius 3 is 1.63 bits per heavy atom. The molecule has 0 amide bonds. The Hall–Kier alpha value is -2.78. The first-order valence-electron chi connectivity index (χ1n) is 13.9. The van der Waals surface area contributed by atoms with Crippen molar-refractivity contribution in [2.24, 2.45) is 0 Å². The van der Waals surface area contributed by atoms with E-state index in [2.05, 4.69) is 56.8 Å². The summed E-state index contributed by atoms with van der Waals surface area (Å²) >= 11 is 3.79. The number of fused-ring (bicyclic) bond motifs is 4. The molecule has 38 heavy (non-hydrogen) atoms. The third kappa shape index (κ3) is 3.97. The van der Waals surface area contributed by atoms with Crippen molar-refractivity contribution in [1.29, 1.82) is 0 Å². The van der Waals surface area contributed by atoms with Crippen LogP contribution >= 0.6 is 22.7 Å². The van der Waals surface area contributed by atoms with Crippen LogP contribution in [-0.4, -0.2) is 36.1 Å². The molecule has 6 nitrogen and oxygen atoms in total. The van der Waals surface area contributed by atoms with E-state index < -0.39 is 0 Å². The molecule has 0 fully saturated rings. The third-order valence-electron chi connectivity index (χ3n) is 8.48. The molecule has 2 N–H and O–H groups in total. The van der Waals surface area contributed by atoms with E-state index in [-0.39, 0.29) is 0 Å². The molecule has 0 bridgehead atoms. The van der Waals surface area contributed by atoms with Gasteiger partial charge in [0.2, 0.25) is 0 Å². The quantitative estimate of drug-likeness (QED) is 0.383. The van der Waals surface area contributed by atoms with Crippen LogP contribution in [0.4, 0.5) is 11.4 Å². The number of thiazole rings is 2. The van der Waals surface area contributed by atoms with Crippen LogP contribution < -0.4 is 20.4 Å². The van der Waals surface area contributed by atoms with Gasteiger partial charge >= 0.3 is 0 Å². The largest absolute Gasteiger partial charge is 0.364 e. The molecule has 8 heteroatoms. The molecule has 194 valence electrons. The topological polar surface area (TPSA) is 56.3 Å². The average molecular weight is 541 g/mol. The van der Waals surface area contributed by atoms with E-state index in [0.717, 1.165) is 78.0 Å². The number of nitrogens with one attached hydrogen (secondary N) is 2. The first-order chi connectivity index (χ1) is 18.8. The predicted molar refractivity (Wildman–Crippen MR) is 156 cm³/mol. The van der Waals surface area contributed by atoms with E-state index >= 15 is 0 Å². The number of hydrogen-bond donors (Lipinski definition) is 2. The lowest BCUT2D eigenvalue weighted by Crippen LogP contribution is -2.22. The maximum atomic E-state index is 5.00. The molecule has 2 aromatic heterocycles. The second-order valence-electron chi connectivity index (χ2n) is 10.8. The molecule has 8 rings (SSSR count). The summed E-state index contributed by atoms with van der Waals surface area (Å²) in [6.07, 6.45) is 4.32. The fourth-order valence-electron chi connectivity index (χ4n) is 6.65. The number of benzene rings is 2. The summed E-state index contributed by atoms with van der Waals surface area (Å²) in [5.41, 5.74) is 11.3. The first-order valence-corrected chi connectivity index (χ1v) is 15.5. The van der Waals surface area contributed by atoms with Crippen LogP contribution in [0.1, 0.15) is 42.3 Å². The molecule has 0 atom stereocenters. The van der Waals surface area contributed by atoms with E-state index in [1.165, 1.54) is 64.8 Å². The maximum Gasteiger partial charge on any atom is 0.113 e. The van der Waals surface area contributed by atoms with Gasteiger partial charge in [0.15, 0.2) is 0 Å². The second-order valence-corrected chi connectivity index (χ2v) is 13.1. The van der Waals surface area contributed by atoms with Crippen molar-refractivity contribution < 1.29 is 0 Å². The minimum atomic E-state index is 0.919. The minimum absolute atomic E-state index is 0.919. The molecule has 0 unspecified atom stereocenters. The molecule has 0 saturated carbocycles. The van der Waals surface area contributed by atoms with Gasteiger partial charge in [-0.1, -0.05) is 24.3 Å². The minimum Gasteiger partial charge on any atom is -0.364 e. The lowest BCUT2D eigenvalue weighted by Gasteiger charge is -2.20. The molecule has 2 aromatic carbocycles. The molecular weight excluding hydrogens is 509 g/mol. The van der Waals surface area contributed by atoms with Gasteiger partial charge in [-0.25, -0.2) is 9.97 Å². The summed E-state index contributed by atoms with van der Waals surface area (Å²) in [6, 6.07) is 13.8. The van der Waals surface area contributed by atoms with Gasteiger partial charge in [-0.3, -0.25) is 0 Å². The molecule has 0 radical (unpaired) electrons. The highest BCUT2D eigenvalue weighted by molar-refractivity contribution is 7.12. The van der Waals surface area contributed by atoms with Gasteiger partial charge in [0.1, 0.15) is 10.0 Å². The number of nitrogens with zero attached hydrogens (tertiary/aromatic N) is 4. The van der Waals surface area contributed by atoms with Gasteiger partial charge in [-0.15, -0.1) is 22.7 Å². The fourth-order valence-corrected chi connectivity index (χ4v) is 8.86. The van der Waals surface area contributed by atoms with Crippen molar-refractivity contribution in [2.75, 3.05) is 36.0 Å². The molecular formula is C30H32N6S2. The Balaban J connectivity index is 1.07. The standard InChI is InChI=1S/C30H32N6S2/c1-3-19(21-9-13-35(25(21)5-1)17-29-33-23-7-11-31-15-27(23)37-29)20-4-2-6-26-22(20)10-14-36(26)18-30-34-24-8-12-32-16-28(24)38-30/h1-6,31-32H,7-18H2. The van der Waals surface area contributed by atoms with Crippen molar-refractivity contribution in [2.45, 2.75) is 51.9 Å². The van der Waals surface area contributed by atoms with Gasteiger partial charge in [-0.05, 0) is 47.2 Å². The van der Waals surface area contributed by atoms with Crippen LogP contribution in [0.5, 0.6) is 0 Å². The predicted octanol–water partition coefficient (Wildman–Crippen LogP) is 4.68. The Bertz CT molecular complexity index is 1360. The Labute approximate surface area is 231 Å². The van der Waals surface area contributed by atoms with E-state index in [4.69, 9.17) is 9.97 Å². The van der Waals surface area contributed by atoms with Crippen molar-refractivity contribution in [1.82, 2.24) is 20.6 Å². The summed E-state index contributed by atoms with van der Waals surface area (Å²) in [4.78, 5) is 18.0. The molecule has 0 spiro atoms. The molecule has 4 aromatic rings. The van der Waals surface area contributed by atoms with Crippen LogP contribution in [0.15, 0.2) is 36.4 Å². The van der Waals surface area contributed by atoms with Gasteiger partial charge in [0.25, 0.3) is 0 Å². The lowest BCUT2D eigenvalue weighted by atomic mass is 9.93. The van der Waals surface area contributed by atoms with Crippen molar-refractivity contribution >= 4 is 34.0 Å². The van der Waals surface area contributed by atoms with Gasteiger partial charge in [0, 0.05) is 73.2 Å². The molecule has 4 aliphatic heterocycles. The van der Waals surface area contributed by atoms with Crippen molar-refractivity contribution in [3.05, 3.63) is 78.7 Å². The van der Waals surface area contributed by atoms with Crippen LogP contribution in [0.2, 0.25) is 0 Å². The average Bonchev–Trinajstić information content (AvgIpc) is 3.73. The number of aromatic nitrogens is 2. The molecule has 0 saturated heterocycles. The zero-order chi connectivity index (χ0) is 25.1. The van der Waals surface area contributed by atoms with Gasteiger partial charge in [-0.2, -0.15) is 0 Å². The van der Waals surface area contributed by atoms with E-state index in [0.29, 0.717) is 0 Å². The van der Waals surface area contributed by atoms with Crippen LogP contribution in [0.3, 0.4) is 0 Å². The Kier molecular flexibility index (Phi) is 5.75. The SMILES string of the molecule is c1cc(-c2cccc3c2CCN3Cc2nc3c(s2)CNCC3)c2c(c1)N(Cc1nc3c(s1)CNCC3)CC2. The highest BCUT2D eigenvalue weighted by Gasteiger charge is 2.28. The van der Waals surface area contributed by atoms with E-state index in [9.17, 15) is 0 Å². The Morgan fingerprint density at radius 1 is 0.658 bits per heavy atom.